The minimum absolute atomic E-state index is 0.0967. The van der Waals surface area contributed by atoms with Crippen molar-refractivity contribution in [3.8, 4) is 0 Å². The van der Waals surface area contributed by atoms with Gasteiger partial charge in [-0.05, 0) is 141 Å². The van der Waals surface area contributed by atoms with E-state index in [-0.39, 0.29) is 31.1 Å². The maximum Gasteiger partial charge on any atom is 0.306 e. The van der Waals surface area contributed by atoms with E-state index < -0.39 is 6.10 Å². The standard InChI is InChI=1S/C77H124O6/c1-4-7-10-13-16-19-22-25-28-31-34-37-38-41-43-46-49-52-55-58-61-64-67-70-76(79)82-73-74(83-77(80)71-68-65-62-59-56-53-50-47-44-40-36-33-30-27-24-21-18-15-12-9-6-3)72-81-75(78)69-66-63-60-57-54-51-48-45-42-39-35-32-29-26-23-20-17-14-11-8-5-2/h7-12,16-21,25-30,34-37,39-40,47,50,74H,4-6,13-15,22-24,31-33,38,41-46,48-49,51-73H2,1-3H3/b10-7-,11-8-,12-9-,19-16-,20-17-,21-18-,28-25-,29-26-,30-27-,37-34-,39-35-,40-36-,50-47-. The molecule has 0 saturated heterocycles. The predicted molar refractivity (Wildman–Crippen MR) is 362 cm³/mol. The van der Waals surface area contributed by atoms with Crippen LogP contribution in [0.3, 0.4) is 0 Å². The molecule has 0 aliphatic carbocycles. The third kappa shape index (κ3) is 67.7. The van der Waals surface area contributed by atoms with Crippen LogP contribution in [0.25, 0.3) is 0 Å². The largest absolute Gasteiger partial charge is 0.462 e. The molecule has 0 bridgehead atoms. The molecule has 0 aromatic rings. The molecule has 0 spiro atoms. The van der Waals surface area contributed by atoms with Gasteiger partial charge < -0.3 is 14.2 Å². The summed E-state index contributed by atoms with van der Waals surface area (Å²) in [5.41, 5.74) is 0. The number of carbonyl (C=O) groups excluding carboxylic acids is 3. The molecule has 0 aliphatic heterocycles. The van der Waals surface area contributed by atoms with Crippen molar-refractivity contribution in [3.05, 3.63) is 158 Å². The van der Waals surface area contributed by atoms with E-state index >= 15 is 0 Å². The maximum atomic E-state index is 13.0. The molecule has 468 valence electrons. The lowest BCUT2D eigenvalue weighted by Gasteiger charge is -2.18. The maximum absolute atomic E-state index is 13.0. The Hall–Kier alpha value is -4.97. The minimum Gasteiger partial charge on any atom is -0.462 e. The van der Waals surface area contributed by atoms with E-state index in [4.69, 9.17) is 14.2 Å². The first-order valence-corrected chi connectivity index (χ1v) is 34.0. The summed E-state index contributed by atoms with van der Waals surface area (Å²) in [6.45, 7) is 6.29. The monoisotopic (exact) mass is 1140 g/mol. The highest BCUT2D eigenvalue weighted by Gasteiger charge is 2.19. The Labute approximate surface area is 511 Å². The molecular weight excluding hydrogens is 1020 g/mol. The lowest BCUT2D eigenvalue weighted by molar-refractivity contribution is -0.167. The summed E-state index contributed by atoms with van der Waals surface area (Å²) in [5.74, 6) is -0.925. The number of carbonyl (C=O) groups is 3. The molecule has 0 aliphatic rings. The number of hydrogen-bond acceptors (Lipinski definition) is 6. The van der Waals surface area contributed by atoms with Crippen molar-refractivity contribution in [2.45, 2.75) is 297 Å². The van der Waals surface area contributed by atoms with E-state index in [1.807, 2.05) is 0 Å². The van der Waals surface area contributed by atoms with E-state index in [1.165, 1.54) is 83.5 Å². The number of esters is 3. The van der Waals surface area contributed by atoms with Crippen molar-refractivity contribution in [1.82, 2.24) is 0 Å². The fourth-order valence-corrected chi connectivity index (χ4v) is 9.04. The van der Waals surface area contributed by atoms with Crippen molar-refractivity contribution in [2.24, 2.45) is 0 Å². The zero-order valence-electron chi connectivity index (χ0n) is 53.7. The van der Waals surface area contributed by atoms with E-state index in [0.29, 0.717) is 19.3 Å². The van der Waals surface area contributed by atoms with Crippen LogP contribution in [0.5, 0.6) is 0 Å². The van der Waals surface area contributed by atoms with Crippen LogP contribution in [0.1, 0.15) is 290 Å². The molecular formula is C77H124O6. The van der Waals surface area contributed by atoms with Crippen LogP contribution in [-0.2, 0) is 28.6 Å². The van der Waals surface area contributed by atoms with Gasteiger partial charge in [0.1, 0.15) is 13.2 Å². The number of rotatable bonds is 60. The van der Waals surface area contributed by atoms with E-state index in [1.54, 1.807) is 0 Å². The minimum atomic E-state index is -0.804. The van der Waals surface area contributed by atoms with Crippen LogP contribution in [-0.4, -0.2) is 37.2 Å². The Morgan fingerprint density at radius 1 is 0.241 bits per heavy atom. The third-order valence-corrected chi connectivity index (χ3v) is 14.0. The summed E-state index contributed by atoms with van der Waals surface area (Å²) in [6.07, 6.45) is 101. The van der Waals surface area contributed by atoms with Gasteiger partial charge in [-0.25, -0.2) is 0 Å². The Kier molecular flexibility index (Phi) is 65.4. The number of ether oxygens (including phenoxy) is 3. The Balaban J connectivity index is 4.47. The molecule has 0 radical (unpaired) electrons. The van der Waals surface area contributed by atoms with Crippen molar-refractivity contribution in [2.75, 3.05) is 13.2 Å². The molecule has 0 heterocycles. The van der Waals surface area contributed by atoms with Crippen molar-refractivity contribution >= 4 is 17.9 Å². The van der Waals surface area contributed by atoms with E-state index in [0.717, 1.165) is 167 Å². The van der Waals surface area contributed by atoms with Crippen molar-refractivity contribution in [3.63, 3.8) is 0 Å². The van der Waals surface area contributed by atoms with Crippen LogP contribution < -0.4 is 0 Å². The fraction of sp³-hybridized carbons (Fsp3) is 0.623. The van der Waals surface area contributed by atoms with Gasteiger partial charge in [-0.1, -0.05) is 288 Å². The van der Waals surface area contributed by atoms with Crippen LogP contribution in [0.15, 0.2) is 158 Å². The second-order valence-electron chi connectivity index (χ2n) is 21.9. The smallest absolute Gasteiger partial charge is 0.306 e. The summed E-state index contributed by atoms with van der Waals surface area (Å²) in [4.78, 5) is 38.5. The molecule has 0 aromatic carbocycles. The van der Waals surface area contributed by atoms with Gasteiger partial charge >= 0.3 is 17.9 Å². The highest BCUT2D eigenvalue weighted by atomic mass is 16.6. The van der Waals surface area contributed by atoms with Gasteiger partial charge in [-0.15, -0.1) is 0 Å². The zero-order chi connectivity index (χ0) is 59.9. The summed E-state index contributed by atoms with van der Waals surface area (Å²) in [6, 6.07) is 0. The van der Waals surface area contributed by atoms with Gasteiger partial charge in [0.2, 0.25) is 0 Å². The summed E-state index contributed by atoms with van der Waals surface area (Å²) in [7, 11) is 0. The lowest BCUT2D eigenvalue weighted by atomic mass is 10.1. The topological polar surface area (TPSA) is 78.9 Å². The average Bonchev–Trinajstić information content (AvgIpc) is 3.49. The van der Waals surface area contributed by atoms with Gasteiger partial charge in [-0.3, -0.25) is 14.4 Å². The fourth-order valence-electron chi connectivity index (χ4n) is 9.04. The number of hydrogen-bond donors (Lipinski definition) is 0. The highest BCUT2D eigenvalue weighted by Crippen LogP contribution is 2.16. The Morgan fingerprint density at radius 2 is 0.434 bits per heavy atom. The van der Waals surface area contributed by atoms with Crippen molar-refractivity contribution in [1.29, 1.82) is 0 Å². The molecule has 1 unspecified atom stereocenters. The second kappa shape index (κ2) is 69.5. The number of unbranched alkanes of at least 4 members (excludes halogenated alkanes) is 23. The van der Waals surface area contributed by atoms with Crippen LogP contribution in [0.2, 0.25) is 0 Å². The van der Waals surface area contributed by atoms with Crippen LogP contribution in [0.4, 0.5) is 0 Å². The molecule has 0 aromatic heterocycles. The first-order chi connectivity index (χ1) is 41.0. The molecule has 1 atom stereocenters. The average molecular weight is 1150 g/mol. The molecule has 0 saturated carbocycles. The van der Waals surface area contributed by atoms with E-state index in [9.17, 15) is 14.4 Å². The predicted octanol–water partition coefficient (Wildman–Crippen LogP) is 23.7. The van der Waals surface area contributed by atoms with Gasteiger partial charge in [0.25, 0.3) is 0 Å². The highest BCUT2D eigenvalue weighted by molar-refractivity contribution is 5.71. The van der Waals surface area contributed by atoms with Gasteiger partial charge in [0.15, 0.2) is 6.10 Å². The first-order valence-electron chi connectivity index (χ1n) is 34.0. The lowest BCUT2D eigenvalue weighted by Crippen LogP contribution is -2.30. The normalized spacial score (nSPS) is 13.1. The molecule has 6 heteroatoms. The van der Waals surface area contributed by atoms with E-state index in [2.05, 4.69) is 179 Å². The summed E-state index contributed by atoms with van der Waals surface area (Å²) < 4.78 is 17.0. The van der Waals surface area contributed by atoms with Gasteiger partial charge in [0.05, 0.1) is 0 Å². The SMILES string of the molecule is CC/C=C\C/C=C\C/C=C\C/C=C\C/C=C\CCCCCCCC(=O)OC(COC(=O)CCCCCCCCCC/C=C\C/C=C\C/C=C\C/C=C\CC)COC(=O)CCCCCCCCCCCC/C=C\C/C=C\C/C=C\C/C=C\CC. The molecule has 0 amide bonds. The van der Waals surface area contributed by atoms with Gasteiger partial charge in [0, 0.05) is 19.3 Å². The summed E-state index contributed by atoms with van der Waals surface area (Å²) in [5, 5.41) is 0. The summed E-state index contributed by atoms with van der Waals surface area (Å²) >= 11 is 0. The van der Waals surface area contributed by atoms with Crippen molar-refractivity contribution < 1.29 is 28.6 Å². The number of allylic oxidation sites excluding steroid dienone is 26. The molecule has 83 heavy (non-hydrogen) atoms. The second-order valence-corrected chi connectivity index (χ2v) is 21.9. The molecule has 0 N–H and O–H groups in total. The molecule has 0 rings (SSSR count). The Bertz CT molecular complexity index is 1840. The third-order valence-electron chi connectivity index (χ3n) is 14.0. The van der Waals surface area contributed by atoms with Gasteiger partial charge in [-0.2, -0.15) is 0 Å². The zero-order valence-corrected chi connectivity index (χ0v) is 53.7. The first kappa shape index (κ1) is 78.0. The van der Waals surface area contributed by atoms with Crippen LogP contribution in [0, 0.1) is 0 Å². The Morgan fingerprint density at radius 3 is 0.675 bits per heavy atom. The van der Waals surface area contributed by atoms with Crippen LogP contribution >= 0.6 is 0 Å². The molecule has 6 nitrogen and oxygen atoms in total. The quantitative estimate of drug-likeness (QED) is 0.0261. The molecule has 0 fully saturated rings.